The van der Waals surface area contributed by atoms with Crippen LogP contribution in [0.3, 0.4) is 0 Å². The first kappa shape index (κ1) is 19.5. The molecule has 0 amide bonds. The van der Waals surface area contributed by atoms with Crippen molar-refractivity contribution in [2.45, 2.75) is 26.4 Å². The summed E-state index contributed by atoms with van der Waals surface area (Å²) in [5.74, 6) is -0.256. The third kappa shape index (κ3) is 4.54. The number of nitrogens with zero attached hydrogens (tertiary/aromatic N) is 4. The smallest absolute Gasteiger partial charge is 0.372 e. The predicted octanol–water partition coefficient (Wildman–Crippen LogP) is 2.74. The molecule has 0 saturated carbocycles. The van der Waals surface area contributed by atoms with Crippen LogP contribution in [0.1, 0.15) is 25.3 Å². The van der Waals surface area contributed by atoms with E-state index < -0.39 is 4.92 Å². The van der Waals surface area contributed by atoms with E-state index in [1.165, 1.54) is 6.33 Å². The Hall–Kier alpha value is -3.23. The second-order valence-electron chi connectivity index (χ2n) is 6.40. The number of benzene rings is 1. The summed E-state index contributed by atoms with van der Waals surface area (Å²) in [4.78, 5) is 33.0. The lowest BCUT2D eigenvalue weighted by Crippen LogP contribution is -2.37. The lowest BCUT2D eigenvalue weighted by Gasteiger charge is -2.31. The summed E-state index contributed by atoms with van der Waals surface area (Å²) in [7, 11) is 0. The molecule has 148 valence electrons. The van der Waals surface area contributed by atoms with Crippen molar-refractivity contribution < 1.29 is 19.2 Å². The van der Waals surface area contributed by atoms with E-state index in [9.17, 15) is 14.9 Å². The van der Waals surface area contributed by atoms with Crippen molar-refractivity contribution in [3.05, 3.63) is 52.3 Å². The van der Waals surface area contributed by atoms with Gasteiger partial charge in [-0.15, -0.1) is 0 Å². The van der Waals surface area contributed by atoms with Gasteiger partial charge in [-0.05, 0) is 25.3 Å². The lowest BCUT2D eigenvalue weighted by molar-refractivity contribution is -0.385. The standard InChI is InChI=1S/C19H22N4O5/c1-2-27-19(24)15-8-10-22(11-9-15)17-16(23(25)26)18(21-13-20-17)28-12-14-6-4-3-5-7-14/h3-7,13,15H,2,8-12H2,1H3. The highest BCUT2D eigenvalue weighted by Crippen LogP contribution is 2.35. The molecule has 9 heteroatoms. The molecule has 1 aliphatic rings. The fourth-order valence-corrected chi connectivity index (χ4v) is 3.16. The zero-order valence-corrected chi connectivity index (χ0v) is 15.6. The van der Waals surface area contributed by atoms with Crippen LogP contribution in [0.25, 0.3) is 0 Å². The van der Waals surface area contributed by atoms with Crippen molar-refractivity contribution in [2.75, 3.05) is 24.6 Å². The van der Waals surface area contributed by atoms with Crippen LogP contribution in [0.5, 0.6) is 5.88 Å². The number of carbonyl (C=O) groups excluding carboxylic acids is 1. The van der Waals surface area contributed by atoms with Gasteiger partial charge in [0, 0.05) is 13.1 Å². The van der Waals surface area contributed by atoms with E-state index in [0.717, 1.165) is 5.56 Å². The van der Waals surface area contributed by atoms with Gasteiger partial charge in [-0.3, -0.25) is 14.9 Å². The highest BCUT2D eigenvalue weighted by Gasteiger charge is 2.32. The molecule has 2 aromatic rings. The van der Waals surface area contributed by atoms with Crippen molar-refractivity contribution >= 4 is 17.5 Å². The van der Waals surface area contributed by atoms with E-state index in [-0.39, 0.29) is 35.9 Å². The maximum atomic E-state index is 11.9. The Balaban J connectivity index is 1.75. The number of esters is 1. The van der Waals surface area contributed by atoms with Gasteiger partial charge in [0.15, 0.2) is 0 Å². The summed E-state index contributed by atoms with van der Waals surface area (Å²) >= 11 is 0. The van der Waals surface area contributed by atoms with E-state index in [1.54, 1.807) is 11.8 Å². The molecule has 1 aromatic heterocycles. The third-order valence-electron chi connectivity index (χ3n) is 4.58. The molecule has 9 nitrogen and oxygen atoms in total. The summed E-state index contributed by atoms with van der Waals surface area (Å²) in [6, 6.07) is 9.36. The zero-order valence-electron chi connectivity index (χ0n) is 15.6. The molecule has 2 heterocycles. The number of hydrogen-bond donors (Lipinski definition) is 0. The fourth-order valence-electron chi connectivity index (χ4n) is 3.16. The molecule has 0 unspecified atom stereocenters. The van der Waals surface area contributed by atoms with E-state index in [2.05, 4.69) is 9.97 Å². The molecular weight excluding hydrogens is 364 g/mol. The van der Waals surface area contributed by atoms with Gasteiger partial charge >= 0.3 is 11.7 Å². The number of hydrogen-bond acceptors (Lipinski definition) is 8. The molecule has 1 fully saturated rings. The van der Waals surface area contributed by atoms with Crippen LogP contribution in [0, 0.1) is 16.0 Å². The summed E-state index contributed by atoms with van der Waals surface area (Å²) in [6.07, 6.45) is 2.38. The highest BCUT2D eigenvalue weighted by molar-refractivity contribution is 5.73. The van der Waals surface area contributed by atoms with Crippen molar-refractivity contribution in [3.63, 3.8) is 0 Å². The Labute approximate surface area is 162 Å². The minimum absolute atomic E-state index is 0.0635. The number of nitro groups is 1. The number of piperidine rings is 1. The van der Waals surface area contributed by atoms with Crippen LogP contribution in [-0.4, -0.2) is 40.6 Å². The minimum Gasteiger partial charge on any atom is -0.468 e. The van der Waals surface area contributed by atoms with Gasteiger partial charge < -0.3 is 14.4 Å². The fraction of sp³-hybridized carbons (Fsp3) is 0.421. The molecule has 0 N–H and O–H groups in total. The molecule has 1 aliphatic heterocycles. The Morgan fingerprint density at radius 2 is 1.96 bits per heavy atom. The second kappa shape index (κ2) is 9.12. The largest absolute Gasteiger partial charge is 0.468 e. The van der Waals surface area contributed by atoms with Crippen LogP contribution < -0.4 is 9.64 Å². The van der Waals surface area contributed by atoms with Crippen molar-refractivity contribution in [1.82, 2.24) is 9.97 Å². The molecule has 1 saturated heterocycles. The summed E-state index contributed by atoms with van der Waals surface area (Å²) < 4.78 is 10.7. The van der Waals surface area contributed by atoms with Gasteiger partial charge in [-0.25, -0.2) is 4.98 Å². The molecule has 0 radical (unpaired) electrons. The third-order valence-corrected chi connectivity index (χ3v) is 4.58. The van der Waals surface area contributed by atoms with Crippen LogP contribution >= 0.6 is 0 Å². The molecular formula is C19H22N4O5. The van der Waals surface area contributed by atoms with Crippen LogP contribution in [0.4, 0.5) is 11.5 Å². The van der Waals surface area contributed by atoms with Gasteiger partial charge in [-0.2, -0.15) is 4.98 Å². The first-order valence-corrected chi connectivity index (χ1v) is 9.17. The molecule has 28 heavy (non-hydrogen) atoms. The lowest BCUT2D eigenvalue weighted by atomic mass is 9.97. The zero-order chi connectivity index (χ0) is 19.9. The van der Waals surface area contributed by atoms with Gasteiger partial charge in [0.05, 0.1) is 17.4 Å². The van der Waals surface area contributed by atoms with Crippen LogP contribution in [0.15, 0.2) is 36.7 Å². The quantitative estimate of drug-likeness (QED) is 0.406. The van der Waals surface area contributed by atoms with E-state index in [0.29, 0.717) is 32.5 Å². The SMILES string of the molecule is CCOC(=O)C1CCN(c2ncnc(OCc3ccccc3)c2[N+](=O)[O-])CC1. The molecule has 0 aliphatic carbocycles. The van der Waals surface area contributed by atoms with E-state index >= 15 is 0 Å². The maximum Gasteiger partial charge on any atom is 0.372 e. The van der Waals surface area contributed by atoms with Crippen LogP contribution in [0.2, 0.25) is 0 Å². The maximum absolute atomic E-state index is 11.9. The van der Waals surface area contributed by atoms with Crippen molar-refractivity contribution in [3.8, 4) is 5.88 Å². The summed E-state index contributed by atoms with van der Waals surface area (Å²) in [6.45, 7) is 3.23. The number of carbonyl (C=O) groups is 1. The van der Waals surface area contributed by atoms with Gasteiger partial charge in [0.2, 0.25) is 5.82 Å². The topological polar surface area (TPSA) is 108 Å². The van der Waals surface area contributed by atoms with Crippen molar-refractivity contribution in [1.29, 1.82) is 0 Å². The predicted molar refractivity (Wildman–Crippen MR) is 101 cm³/mol. The van der Waals surface area contributed by atoms with Crippen molar-refractivity contribution in [2.24, 2.45) is 5.92 Å². The monoisotopic (exact) mass is 386 g/mol. The Bertz CT molecular complexity index is 822. The van der Waals surface area contributed by atoms with Crippen LogP contribution in [-0.2, 0) is 16.1 Å². The molecule has 0 spiro atoms. The normalized spacial score (nSPS) is 14.5. The first-order chi connectivity index (χ1) is 13.6. The number of aromatic nitrogens is 2. The Kier molecular flexibility index (Phi) is 6.36. The number of anilines is 1. The molecule has 0 atom stereocenters. The van der Waals surface area contributed by atoms with Gasteiger partial charge in [0.25, 0.3) is 5.88 Å². The number of rotatable bonds is 7. The Morgan fingerprint density at radius 1 is 1.25 bits per heavy atom. The average Bonchev–Trinajstić information content (AvgIpc) is 2.73. The highest BCUT2D eigenvalue weighted by atomic mass is 16.6. The second-order valence-corrected chi connectivity index (χ2v) is 6.40. The van der Waals surface area contributed by atoms with Gasteiger partial charge in [-0.1, -0.05) is 30.3 Å². The number of ether oxygens (including phenoxy) is 2. The van der Waals surface area contributed by atoms with Gasteiger partial charge in [0.1, 0.15) is 12.9 Å². The molecule has 3 rings (SSSR count). The Morgan fingerprint density at radius 3 is 2.61 bits per heavy atom. The molecule has 1 aromatic carbocycles. The molecule has 0 bridgehead atoms. The van der Waals surface area contributed by atoms with E-state index in [4.69, 9.17) is 9.47 Å². The summed E-state index contributed by atoms with van der Waals surface area (Å²) in [5.41, 5.74) is 0.625. The summed E-state index contributed by atoms with van der Waals surface area (Å²) in [5, 5.41) is 11.7. The van der Waals surface area contributed by atoms with E-state index in [1.807, 2.05) is 30.3 Å². The average molecular weight is 386 g/mol. The minimum atomic E-state index is -0.521. The first-order valence-electron chi connectivity index (χ1n) is 9.17.